The number of amides is 1. The molecule has 3 aromatic rings. The lowest BCUT2D eigenvalue weighted by Gasteiger charge is -2.17. The number of carbonyl (C=O) groups is 1. The lowest BCUT2D eigenvalue weighted by Crippen LogP contribution is -2.26. The van der Waals surface area contributed by atoms with E-state index in [1.807, 2.05) is 0 Å². The van der Waals surface area contributed by atoms with Gasteiger partial charge in [0.25, 0.3) is 11.8 Å². The van der Waals surface area contributed by atoms with Crippen molar-refractivity contribution in [3.8, 4) is 22.9 Å². The standard InChI is InChI=1S/C21H18FN3O4S/c1-27-16-8-7-13(11-17(16)28-2)21(26)25-9-10-30-19(25)12-18-23-20(24-29-18)14-5-3-4-6-15(14)22/h3-8,11-12H,9-10H2,1-2H3/b19-12+. The van der Waals surface area contributed by atoms with Crippen LogP contribution in [0.15, 0.2) is 52.0 Å². The van der Waals surface area contributed by atoms with E-state index < -0.39 is 5.82 Å². The van der Waals surface area contributed by atoms with Crippen LogP contribution in [0.2, 0.25) is 0 Å². The van der Waals surface area contributed by atoms with Gasteiger partial charge in [0, 0.05) is 23.9 Å². The quantitative estimate of drug-likeness (QED) is 0.607. The molecule has 0 bridgehead atoms. The summed E-state index contributed by atoms with van der Waals surface area (Å²) in [7, 11) is 3.06. The summed E-state index contributed by atoms with van der Waals surface area (Å²) in [5, 5.41) is 4.52. The van der Waals surface area contributed by atoms with Gasteiger partial charge in [0.2, 0.25) is 5.82 Å². The van der Waals surface area contributed by atoms with Gasteiger partial charge in [0.1, 0.15) is 5.82 Å². The maximum Gasteiger partial charge on any atom is 0.258 e. The number of methoxy groups -OCH3 is 2. The highest BCUT2D eigenvalue weighted by atomic mass is 32.2. The molecule has 0 radical (unpaired) electrons. The third-order valence-corrected chi connectivity index (χ3v) is 5.53. The molecule has 2 heterocycles. The van der Waals surface area contributed by atoms with Crippen molar-refractivity contribution in [1.82, 2.24) is 15.0 Å². The maximum absolute atomic E-state index is 13.9. The minimum Gasteiger partial charge on any atom is -0.493 e. The van der Waals surface area contributed by atoms with Crippen LogP contribution in [0.5, 0.6) is 11.5 Å². The highest BCUT2D eigenvalue weighted by Crippen LogP contribution is 2.33. The summed E-state index contributed by atoms with van der Waals surface area (Å²) >= 11 is 1.50. The van der Waals surface area contributed by atoms with Crippen LogP contribution in [-0.2, 0) is 0 Å². The molecule has 1 amide bonds. The first-order valence-electron chi connectivity index (χ1n) is 9.07. The monoisotopic (exact) mass is 427 g/mol. The smallest absolute Gasteiger partial charge is 0.258 e. The molecule has 30 heavy (non-hydrogen) atoms. The largest absolute Gasteiger partial charge is 0.493 e. The second-order valence-electron chi connectivity index (χ2n) is 6.29. The van der Waals surface area contributed by atoms with E-state index in [0.717, 1.165) is 5.75 Å². The molecule has 4 rings (SSSR count). The Labute approximate surface area is 176 Å². The number of thioether (sulfide) groups is 1. The van der Waals surface area contributed by atoms with E-state index >= 15 is 0 Å². The molecule has 1 aliphatic heterocycles. The fourth-order valence-electron chi connectivity index (χ4n) is 3.03. The summed E-state index contributed by atoms with van der Waals surface area (Å²) in [5.74, 6) is 1.50. The Morgan fingerprint density at radius 2 is 2.00 bits per heavy atom. The summed E-state index contributed by atoms with van der Waals surface area (Å²) in [6.45, 7) is 0.540. The second kappa shape index (κ2) is 8.58. The Hall–Kier alpha value is -3.33. The number of ether oxygens (including phenoxy) is 2. The number of hydrogen-bond acceptors (Lipinski definition) is 7. The van der Waals surface area contributed by atoms with Crippen LogP contribution in [0.25, 0.3) is 17.5 Å². The Balaban J connectivity index is 1.59. The van der Waals surface area contributed by atoms with Gasteiger partial charge in [-0.2, -0.15) is 4.98 Å². The Morgan fingerprint density at radius 3 is 2.77 bits per heavy atom. The van der Waals surface area contributed by atoms with Gasteiger partial charge in [-0.25, -0.2) is 4.39 Å². The Morgan fingerprint density at radius 1 is 1.20 bits per heavy atom. The molecular formula is C21H18FN3O4S. The minimum absolute atomic E-state index is 0.153. The molecule has 0 unspecified atom stereocenters. The third kappa shape index (κ3) is 3.88. The highest BCUT2D eigenvalue weighted by molar-refractivity contribution is 8.03. The van der Waals surface area contributed by atoms with Crippen molar-refractivity contribution in [2.24, 2.45) is 0 Å². The normalized spacial score (nSPS) is 14.9. The average molecular weight is 427 g/mol. The summed E-state index contributed by atoms with van der Waals surface area (Å²) in [6.07, 6.45) is 1.63. The first-order chi connectivity index (χ1) is 14.6. The molecule has 7 nitrogen and oxygen atoms in total. The van der Waals surface area contributed by atoms with Crippen molar-refractivity contribution < 1.29 is 23.2 Å². The molecule has 0 spiro atoms. The first-order valence-corrected chi connectivity index (χ1v) is 10.1. The molecule has 1 saturated heterocycles. The Kier molecular flexibility index (Phi) is 5.71. The summed E-state index contributed by atoms with van der Waals surface area (Å²) in [6, 6.07) is 11.2. The van der Waals surface area contributed by atoms with E-state index in [4.69, 9.17) is 14.0 Å². The zero-order valence-corrected chi connectivity index (χ0v) is 17.1. The topological polar surface area (TPSA) is 77.7 Å². The summed E-state index contributed by atoms with van der Waals surface area (Å²) < 4.78 is 29.7. The molecule has 0 N–H and O–H groups in total. The van der Waals surface area contributed by atoms with Gasteiger partial charge in [-0.3, -0.25) is 4.79 Å². The van der Waals surface area contributed by atoms with Gasteiger partial charge in [-0.1, -0.05) is 17.3 Å². The van der Waals surface area contributed by atoms with Gasteiger partial charge in [-0.05, 0) is 30.3 Å². The number of benzene rings is 2. The van der Waals surface area contributed by atoms with Crippen LogP contribution in [0.1, 0.15) is 16.2 Å². The van der Waals surface area contributed by atoms with Crippen molar-refractivity contribution in [3.05, 3.63) is 64.8 Å². The molecule has 0 saturated carbocycles. The molecular weight excluding hydrogens is 409 g/mol. The SMILES string of the molecule is COc1ccc(C(=O)N2CCS/C2=C/c2nc(-c3ccccc3F)no2)cc1OC. The van der Waals surface area contributed by atoms with E-state index in [9.17, 15) is 9.18 Å². The lowest BCUT2D eigenvalue weighted by molar-refractivity contribution is 0.0830. The molecule has 154 valence electrons. The zero-order chi connectivity index (χ0) is 21.1. The van der Waals surface area contributed by atoms with Crippen molar-refractivity contribution >= 4 is 23.7 Å². The van der Waals surface area contributed by atoms with E-state index in [-0.39, 0.29) is 23.2 Å². The van der Waals surface area contributed by atoms with Crippen LogP contribution in [0.3, 0.4) is 0 Å². The lowest BCUT2D eigenvalue weighted by atomic mass is 10.1. The molecule has 0 atom stereocenters. The number of aromatic nitrogens is 2. The fraction of sp³-hybridized carbons (Fsp3) is 0.190. The fourth-order valence-corrected chi connectivity index (χ4v) is 4.02. The van der Waals surface area contributed by atoms with Crippen LogP contribution in [0.4, 0.5) is 4.39 Å². The van der Waals surface area contributed by atoms with Crippen LogP contribution < -0.4 is 9.47 Å². The summed E-state index contributed by atoms with van der Waals surface area (Å²) in [5.41, 5.74) is 0.724. The van der Waals surface area contributed by atoms with Gasteiger partial charge < -0.3 is 18.9 Å². The van der Waals surface area contributed by atoms with Crippen molar-refractivity contribution in [1.29, 1.82) is 0 Å². The predicted molar refractivity (Wildman–Crippen MR) is 111 cm³/mol. The number of hydrogen-bond donors (Lipinski definition) is 0. The molecule has 1 fully saturated rings. The van der Waals surface area contributed by atoms with E-state index in [0.29, 0.717) is 28.6 Å². The Bertz CT molecular complexity index is 1120. The number of carbonyl (C=O) groups excluding carboxylic acids is 1. The number of nitrogens with zero attached hydrogens (tertiary/aromatic N) is 3. The number of rotatable bonds is 5. The molecule has 9 heteroatoms. The number of halogens is 1. The summed E-state index contributed by atoms with van der Waals surface area (Å²) in [4.78, 5) is 18.9. The van der Waals surface area contributed by atoms with Crippen LogP contribution in [0, 0.1) is 5.82 Å². The highest BCUT2D eigenvalue weighted by Gasteiger charge is 2.27. The first kappa shape index (κ1) is 20.0. The average Bonchev–Trinajstić information content (AvgIpc) is 3.43. The molecule has 1 aromatic heterocycles. The van der Waals surface area contributed by atoms with E-state index in [2.05, 4.69) is 10.1 Å². The van der Waals surface area contributed by atoms with Gasteiger partial charge in [0.15, 0.2) is 11.5 Å². The predicted octanol–water partition coefficient (Wildman–Crippen LogP) is 4.08. The molecule has 0 aliphatic carbocycles. The van der Waals surface area contributed by atoms with E-state index in [1.54, 1.807) is 47.4 Å². The second-order valence-corrected chi connectivity index (χ2v) is 7.41. The molecule has 2 aromatic carbocycles. The third-order valence-electron chi connectivity index (χ3n) is 4.51. The zero-order valence-electron chi connectivity index (χ0n) is 16.3. The van der Waals surface area contributed by atoms with Gasteiger partial charge in [-0.15, -0.1) is 11.8 Å². The molecule has 1 aliphatic rings. The minimum atomic E-state index is -0.432. The maximum atomic E-state index is 13.9. The van der Waals surface area contributed by atoms with Gasteiger partial charge >= 0.3 is 0 Å². The van der Waals surface area contributed by atoms with Crippen molar-refractivity contribution in [3.63, 3.8) is 0 Å². The van der Waals surface area contributed by atoms with Crippen molar-refractivity contribution in [2.45, 2.75) is 0 Å². The van der Waals surface area contributed by atoms with Crippen molar-refractivity contribution in [2.75, 3.05) is 26.5 Å². The van der Waals surface area contributed by atoms with Crippen LogP contribution in [-0.4, -0.2) is 47.5 Å². The van der Waals surface area contributed by atoms with Crippen LogP contribution >= 0.6 is 11.8 Å². The van der Waals surface area contributed by atoms with Gasteiger partial charge in [0.05, 0.1) is 24.8 Å². The van der Waals surface area contributed by atoms with E-state index in [1.165, 1.54) is 32.0 Å².